The zero-order valence-electron chi connectivity index (χ0n) is 14.4. The lowest BCUT2D eigenvalue weighted by atomic mass is 10.1. The molecule has 0 spiro atoms. The van der Waals surface area contributed by atoms with Crippen LogP contribution in [0.5, 0.6) is 0 Å². The first-order chi connectivity index (χ1) is 12.2. The van der Waals surface area contributed by atoms with Crippen LogP contribution in [0.1, 0.15) is 30.7 Å². The van der Waals surface area contributed by atoms with Crippen molar-refractivity contribution in [1.29, 1.82) is 0 Å². The van der Waals surface area contributed by atoms with E-state index in [1.165, 1.54) is 18.2 Å². The Labute approximate surface area is 146 Å². The van der Waals surface area contributed by atoms with Gasteiger partial charge in [-0.2, -0.15) is 0 Å². The topological polar surface area (TPSA) is 54.9 Å². The second kappa shape index (κ2) is 8.58. The third-order valence-corrected chi connectivity index (χ3v) is 4.56. The van der Waals surface area contributed by atoms with E-state index in [9.17, 15) is 8.78 Å². The Morgan fingerprint density at radius 2 is 2.16 bits per heavy atom. The van der Waals surface area contributed by atoms with E-state index in [2.05, 4.69) is 15.6 Å². The van der Waals surface area contributed by atoms with Gasteiger partial charge in [-0.15, -0.1) is 0 Å². The van der Waals surface area contributed by atoms with E-state index in [0.717, 1.165) is 26.0 Å². The summed E-state index contributed by atoms with van der Waals surface area (Å²) in [5.41, 5.74) is 0.169. The Morgan fingerprint density at radius 3 is 2.84 bits per heavy atom. The van der Waals surface area contributed by atoms with Gasteiger partial charge in [0.05, 0.1) is 12.7 Å². The van der Waals surface area contributed by atoms with Gasteiger partial charge in [-0.25, -0.2) is 8.78 Å². The van der Waals surface area contributed by atoms with E-state index in [1.807, 2.05) is 0 Å². The minimum Gasteiger partial charge on any atom is -0.379 e. The van der Waals surface area contributed by atoms with Crippen LogP contribution in [-0.4, -0.2) is 51.5 Å². The predicted molar refractivity (Wildman–Crippen MR) is 91.8 cm³/mol. The van der Waals surface area contributed by atoms with Gasteiger partial charge >= 0.3 is 0 Å². The van der Waals surface area contributed by atoms with Gasteiger partial charge < -0.3 is 20.1 Å². The molecule has 0 radical (unpaired) electrons. The van der Waals surface area contributed by atoms with Crippen LogP contribution in [0.4, 0.5) is 8.78 Å². The third-order valence-electron chi connectivity index (χ3n) is 4.56. The summed E-state index contributed by atoms with van der Waals surface area (Å²) in [4.78, 5) is 4.16. The molecule has 3 unspecified atom stereocenters. The average Bonchev–Trinajstić information content (AvgIpc) is 3.13. The van der Waals surface area contributed by atoms with Crippen LogP contribution in [0.25, 0.3) is 0 Å². The molecule has 1 saturated carbocycles. The summed E-state index contributed by atoms with van der Waals surface area (Å²) >= 11 is 0. The number of nitrogens with zero attached hydrogens (tertiary/aromatic N) is 1. The van der Waals surface area contributed by atoms with Crippen LogP contribution in [0.3, 0.4) is 0 Å². The summed E-state index contributed by atoms with van der Waals surface area (Å²) in [5.74, 6) is -0.463. The van der Waals surface area contributed by atoms with Crippen molar-refractivity contribution < 1.29 is 18.3 Å². The van der Waals surface area contributed by atoms with Gasteiger partial charge in [0.15, 0.2) is 5.96 Å². The second-order valence-corrected chi connectivity index (χ2v) is 6.44. The molecule has 25 heavy (non-hydrogen) atoms. The summed E-state index contributed by atoms with van der Waals surface area (Å²) in [6.45, 7) is 2.86. The first-order valence-electron chi connectivity index (χ1n) is 8.79. The molecule has 1 aliphatic carbocycles. The molecular formula is C18H25F2N3O2. The van der Waals surface area contributed by atoms with Gasteiger partial charge in [0.25, 0.3) is 0 Å². The van der Waals surface area contributed by atoms with Crippen LogP contribution in [0, 0.1) is 11.6 Å². The molecule has 2 aliphatic rings. The summed E-state index contributed by atoms with van der Waals surface area (Å²) in [7, 11) is 1.68. The lowest BCUT2D eigenvalue weighted by Crippen LogP contribution is -2.39. The standard InChI is InChI=1S/C18H25F2N3O2/c1-21-18(22-7-3-8-25-12-6-9-24-11-12)23-16-10-13(16)17-14(19)4-2-5-15(17)20/h2,4-5,12-13,16H,3,6-11H2,1H3,(H2,21,22,23). The maximum atomic E-state index is 13.8. The van der Waals surface area contributed by atoms with Gasteiger partial charge in [-0.05, 0) is 31.4 Å². The second-order valence-electron chi connectivity index (χ2n) is 6.44. The van der Waals surface area contributed by atoms with Crippen LogP contribution in [0.15, 0.2) is 23.2 Å². The number of rotatable bonds is 7. The molecule has 2 fully saturated rings. The smallest absolute Gasteiger partial charge is 0.191 e. The number of nitrogens with one attached hydrogen (secondary N) is 2. The van der Waals surface area contributed by atoms with Crippen LogP contribution < -0.4 is 10.6 Å². The molecule has 1 aliphatic heterocycles. The molecule has 1 aromatic rings. The molecule has 138 valence electrons. The fourth-order valence-electron chi connectivity index (χ4n) is 3.08. The number of benzene rings is 1. The Balaban J connectivity index is 1.37. The van der Waals surface area contributed by atoms with E-state index in [0.29, 0.717) is 25.6 Å². The summed E-state index contributed by atoms with van der Waals surface area (Å²) in [6.07, 6.45) is 2.74. The van der Waals surface area contributed by atoms with Crippen molar-refractivity contribution >= 4 is 5.96 Å². The van der Waals surface area contributed by atoms with Crippen LogP contribution in [-0.2, 0) is 9.47 Å². The van der Waals surface area contributed by atoms with E-state index in [4.69, 9.17) is 9.47 Å². The van der Waals surface area contributed by atoms with E-state index in [1.54, 1.807) is 7.05 Å². The number of hydrogen-bond acceptors (Lipinski definition) is 3. The monoisotopic (exact) mass is 353 g/mol. The highest BCUT2D eigenvalue weighted by Gasteiger charge is 2.42. The Kier molecular flexibility index (Phi) is 6.20. The summed E-state index contributed by atoms with van der Waals surface area (Å²) < 4.78 is 38.6. The van der Waals surface area contributed by atoms with Crippen molar-refractivity contribution in [2.45, 2.75) is 37.3 Å². The van der Waals surface area contributed by atoms with Crippen LogP contribution >= 0.6 is 0 Å². The Hall–Kier alpha value is -1.73. The quantitative estimate of drug-likeness (QED) is 0.448. The van der Waals surface area contributed by atoms with Crippen molar-refractivity contribution in [3.63, 3.8) is 0 Å². The molecule has 2 N–H and O–H groups in total. The fraction of sp³-hybridized carbons (Fsp3) is 0.611. The average molecular weight is 353 g/mol. The molecule has 1 aromatic carbocycles. The number of halogens is 2. The van der Waals surface area contributed by atoms with Gasteiger partial charge in [0.2, 0.25) is 0 Å². The fourth-order valence-corrected chi connectivity index (χ4v) is 3.08. The predicted octanol–water partition coefficient (Wildman–Crippen LogP) is 2.18. The molecule has 0 amide bonds. The number of hydrogen-bond donors (Lipinski definition) is 2. The van der Waals surface area contributed by atoms with Gasteiger partial charge in [-0.3, -0.25) is 4.99 Å². The van der Waals surface area contributed by atoms with Gasteiger partial charge in [0, 0.05) is 44.3 Å². The highest BCUT2D eigenvalue weighted by atomic mass is 19.1. The van der Waals surface area contributed by atoms with Gasteiger partial charge in [0.1, 0.15) is 11.6 Å². The maximum absolute atomic E-state index is 13.8. The first kappa shape index (κ1) is 18.1. The molecule has 1 saturated heterocycles. The highest BCUT2D eigenvalue weighted by Crippen LogP contribution is 2.42. The summed E-state index contributed by atoms with van der Waals surface area (Å²) in [5, 5.41) is 6.43. The van der Waals surface area contributed by atoms with Crippen molar-refractivity contribution in [2.75, 3.05) is 33.4 Å². The zero-order valence-corrected chi connectivity index (χ0v) is 14.4. The molecule has 0 aromatic heterocycles. The largest absolute Gasteiger partial charge is 0.379 e. The normalized spacial score (nSPS) is 25.9. The van der Waals surface area contributed by atoms with Crippen molar-refractivity contribution in [3.8, 4) is 0 Å². The van der Waals surface area contributed by atoms with Crippen LogP contribution in [0.2, 0.25) is 0 Å². The minimum atomic E-state index is -0.481. The lowest BCUT2D eigenvalue weighted by Gasteiger charge is -2.13. The van der Waals surface area contributed by atoms with Crippen molar-refractivity contribution in [3.05, 3.63) is 35.4 Å². The minimum absolute atomic E-state index is 0.00416. The van der Waals surface area contributed by atoms with E-state index >= 15 is 0 Å². The highest BCUT2D eigenvalue weighted by molar-refractivity contribution is 5.80. The SMILES string of the molecule is CN=C(NCCCOC1CCOC1)NC1CC1c1c(F)cccc1F. The molecule has 5 nitrogen and oxygen atoms in total. The zero-order chi connectivity index (χ0) is 17.6. The molecule has 7 heteroatoms. The molecule has 3 atom stereocenters. The van der Waals surface area contributed by atoms with E-state index in [-0.39, 0.29) is 23.6 Å². The molecular weight excluding hydrogens is 328 g/mol. The summed E-state index contributed by atoms with van der Waals surface area (Å²) in [6, 6.07) is 4.00. The number of ether oxygens (including phenoxy) is 2. The third kappa shape index (κ3) is 4.89. The van der Waals surface area contributed by atoms with Crippen molar-refractivity contribution in [2.24, 2.45) is 4.99 Å². The van der Waals surface area contributed by atoms with Crippen molar-refractivity contribution in [1.82, 2.24) is 10.6 Å². The number of guanidine groups is 1. The van der Waals surface area contributed by atoms with Gasteiger partial charge in [-0.1, -0.05) is 6.07 Å². The first-order valence-corrected chi connectivity index (χ1v) is 8.79. The molecule has 0 bridgehead atoms. The lowest BCUT2D eigenvalue weighted by molar-refractivity contribution is 0.0420. The Morgan fingerprint density at radius 1 is 1.36 bits per heavy atom. The maximum Gasteiger partial charge on any atom is 0.191 e. The molecule has 3 rings (SSSR count). The van der Waals surface area contributed by atoms with E-state index < -0.39 is 11.6 Å². The molecule has 1 heterocycles. The Bertz CT molecular complexity index is 586. The number of aliphatic imine (C=N–C) groups is 1.